The maximum atomic E-state index is 14.1. The molecule has 0 bridgehead atoms. The first-order valence-corrected chi connectivity index (χ1v) is 10.4. The second-order valence-corrected chi connectivity index (χ2v) is 7.51. The molecule has 1 aliphatic rings. The SMILES string of the molecule is O=C(c1ccc(-c2ccc3ncnc(Nc4ccccc4F)c3n2)cc1)N1CCNCC1. The number of aromatic nitrogens is 3. The zero-order chi connectivity index (χ0) is 21.9. The van der Waals surface area contributed by atoms with Crippen LogP contribution in [0.2, 0.25) is 0 Å². The van der Waals surface area contributed by atoms with E-state index in [1.165, 1.54) is 12.4 Å². The summed E-state index contributed by atoms with van der Waals surface area (Å²) >= 11 is 0. The average molecular weight is 428 g/mol. The second kappa shape index (κ2) is 8.68. The Hall–Kier alpha value is -3.91. The molecule has 5 rings (SSSR count). The lowest BCUT2D eigenvalue weighted by Crippen LogP contribution is -2.46. The maximum absolute atomic E-state index is 14.1. The van der Waals surface area contributed by atoms with Gasteiger partial charge in [0.1, 0.15) is 17.7 Å². The van der Waals surface area contributed by atoms with E-state index in [0.717, 1.165) is 18.7 Å². The normalized spacial score (nSPS) is 13.8. The Labute approximate surface area is 184 Å². The Morgan fingerprint density at radius 3 is 2.53 bits per heavy atom. The molecular weight excluding hydrogens is 407 g/mol. The predicted octanol–water partition coefficient (Wildman–Crippen LogP) is 3.62. The number of para-hydroxylation sites is 1. The summed E-state index contributed by atoms with van der Waals surface area (Å²) in [7, 11) is 0. The van der Waals surface area contributed by atoms with Gasteiger partial charge in [-0.15, -0.1) is 0 Å². The van der Waals surface area contributed by atoms with Gasteiger partial charge in [0.2, 0.25) is 0 Å². The number of fused-ring (bicyclic) bond motifs is 1. The molecule has 0 saturated carbocycles. The van der Waals surface area contributed by atoms with Crippen LogP contribution in [-0.4, -0.2) is 51.9 Å². The van der Waals surface area contributed by atoms with Gasteiger partial charge in [0.15, 0.2) is 5.82 Å². The number of carbonyl (C=O) groups is 1. The fourth-order valence-corrected chi connectivity index (χ4v) is 3.72. The zero-order valence-corrected chi connectivity index (χ0v) is 17.3. The fraction of sp³-hybridized carbons (Fsp3) is 0.167. The Balaban J connectivity index is 1.44. The largest absolute Gasteiger partial charge is 0.336 e. The van der Waals surface area contributed by atoms with E-state index in [1.807, 2.05) is 41.3 Å². The van der Waals surface area contributed by atoms with Crippen molar-refractivity contribution >= 4 is 28.4 Å². The highest BCUT2D eigenvalue weighted by molar-refractivity contribution is 5.95. The number of carbonyl (C=O) groups excluding carboxylic acids is 1. The molecule has 1 saturated heterocycles. The lowest BCUT2D eigenvalue weighted by atomic mass is 10.1. The summed E-state index contributed by atoms with van der Waals surface area (Å²) in [5.41, 5.74) is 3.73. The van der Waals surface area contributed by atoms with Crippen LogP contribution < -0.4 is 10.6 Å². The van der Waals surface area contributed by atoms with Crippen molar-refractivity contribution in [2.24, 2.45) is 0 Å². The molecule has 2 aromatic carbocycles. The summed E-state index contributed by atoms with van der Waals surface area (Å²) in [6, 6.07) is 17.5. The second-order valence-electron chi connectivity index (χ2n) is 7.51. The first-order valence-electron chi connectivity index (χ1n) is 10.4. The van der Waals surface area contributed by atoms with E-state index in [1.54, 1.807) is 18.2 Å². The van der Waals surface area contributed by atoms with Crippen molar-refractivity contribution in [1.82, 2.24) is 25.2 Å². The van der Waals surface area contributed by atoms with Gasteiger partial charge >= 0.3 is 0 Å². The third-order valence-electron chi connectivity index (χ3n) is 5.44. The number of hydrogen-bond acceptors (Lipinski definition) is 6. The zero-order valence-electron chi connectivity index (χ0n) is 17.3. The standard InChI is InChI=1S/C24H21FN6O/c25-18-3-1-2-4-20(18)30-23-22-21(27-15-28-23)10-9-19(29-22)16-5-7-17(8-6-16)24(32)31-13-11-26-12-14-31/h1-10,15,26H,11-14H2,(H,27,28,30). The van der Waals surface area contributed by atoms with Crippen LogP contribution in [0.5, 0.6) is 0 Å². The van der Waals surface area contributed by atoms with Crippen LogP contribution in [0.15, 0.2) is 67.0 Å². The number of halogens is 1. The van der Waals surface area contributed by atoms with E-state index < -0.39 is 0 Å². The van der Waals surface area contributed by atoms with E-state index in [-0.39, 0.29) is 11.7 Å². The molecule has 3 heterocycles. The minimum atomic E-state index is -0.375. The third kappa shape index (κ3) is 4.00. The number of pyridine rings is 1. The number of hydrogen-bond donors (Lipinski definition) is 2. The van der Waals surface area contributed by atoms with Crippen molar-refractivity contribution in [2.45, 2.75) is 0 Å². The molecule has 0 radical (unpaired) electrons. The first-order chi connectivity index (χ1) is 15.7. The molecule has 1 amide bonds. The van der Waals surface area contributed by atoms with E-state index in [0.29, 0.717) is 46.9 Å². The molecule has 32 heavy (non-hydrogen) atoms. The minimum absolute atomic E-state index is 0.0364. The van der Waals surface area contributed by atoms with Gasteiger partial charge in [0.25, 0.3) is 5.91 Å². The molecule has 0 aliphatic carbocycles. The van der Waals surface area contributed by atoms with Gasteiger partial charge in [-0.2, -0.15) is 0 Å². The van der Waals surface area contributed by atoms with Gasteiger partial charge in [0, 0.05) is 37.3 Å². The highest BCUT2D eigenvalue weighted by Crippen LogP contribution is 2.26. The van der Waals surface area contributed by atoms with Crippen LogP contribution in [0, 0.1) is 5.82 Å². The Morgan fingerprint density at radius 2 is 1.75 bits per heavy atom. The molecule has 0 unspecified atom stereocenters. The summed E-state index contributed by atoms with van der Waals surface area (Å²) in [5.74, 6) is 0.0851. The van der Waals surface area contributed by atoms with E-state index in [4.69, 9.17) is 4.98 Å². The molecule has 1 fully saturated rings. The molecule has 2 N–H and O–H groups in total. The first kappa shape index (κ1) is 20.0. The van der Waals surface area contributed by atoms with Crippen molar-refractivity contribution in [1.29, 1.82) is 0 Å². The number of rotatable bonds is 4. The average Bonchev–Trinajstić information content (AvgIpc) is 2.85. The van der Waals surface area contributed by atoms with Gasteiger partial charge in [-0.25, -0.2) is 19.3 Å². The van der Waals surface area contributed by atoms with Crippen LogP contribution in [0.1, 0.15) is 10.4 Å². The molecule has 8 heteroatoms. The number of nitrogens with one attached hydrogen (secondary N) is 2. The molecule has 2 aromatic heterocycles. The summed E-state index contributed by atoms with van der Waals surface area (Å²) in [5, 5.41) is 6.26. The number of amides is 1. The number of nitrogens with zero attached hydrogens (tertiary/aromatic N) is 4. The Kier molecular flexibility index (Phi) is 5.43. The highest BCUT2D eigenvalue weighted by atomic mass is 19.1. The van der Waals surface area contributed by atoms with Gasteiger partial charge in [-0.05, 0) is 36.4 Å². The van der Waals surface area contributed by atoms with Crippen molar-refractivity contribution in [3.63, 3.8) is 0 Å². The van der Waals surface area contributed by atoms with Crippen molar-refractivity contribution in [2.75, 3.05) is 31.5 Å². The van der Waals surface area contributed by atoms with Crippen LogP contribution in [0.3, 0.4) is 0 Å². The summed E-state index contributed by atoms with van der Waals surface area (Å²) in [4.78, 5) is 27.8. The summed E-state index contributed by atoms with van der Waals surface area (Å²) in [6.45, 7) is 3.06. The van der Waals surface area contributed by atoms with Gasteiger partial charge in [-0.3, -0.25) is 4.79 Å². The van der Waals surface area contributed by atoms with E-state index in [9.17, 15) is 9.18 Å². The molecule has 4 aromatic rings. The molecule has 0 atom stereocenters. The quantitative estimate of drug-likeness (QED) is 0.517. The summed E-state index contributed by atoms with van der Waals surface area (Å²) < 4.78 is 14.1. The Bertz CT molecular complexity index is 1270. The van der Waals surface area contributed by atoms with Crippen molar-refractivity contribution < 1.29 is 9.18 Å². The van der Waals surface area contributed by atoms with E-state index in [2.05, 4.69) is 20.6 Å². The van der Waals surface area contributed by atoms with Crippen LogP contribution in [0.4, 0.5) is 15.9 Å². The lowest BCUT2D eigenvalue weighted by molar-refractivity contribution is 0.0736. The molecule has 1 aliphatic heterocycles. The highest BCUT2D eigenvalue weighted by Gasteiger charge is 2.18. The molecular formula is C24H21FN6O. The minimum Gasteiger partial charge on any atom is -0.336 e. The maximum Gasteiger partial charge on any atom is 0.253 e. The van der Waals surface area contributed by atoms with Crippen LogP contribution in [-0.2, 0) is 0 Å². The van der Waals surface area contributed by atoms with Crippen LogP contribution in [0.25, 0.3) is 22.3 Å². The topological polar surface area (TPSA) is 83.0 Å². The number of anilines is 2. The molecule has 0 spiro atoms. The van der Waals surface area contributed by atoms with Gasteiger partial charge < -0.3 is 15.5 Å². The molecule has 160 valence electrons. The van der Waals surface area contributed by atoms with Crippen LogP contribution >= 0.6 is 0 Å². The third-order valence-corrected chi connectivity index (χ3v) is 5.44. The number of piperazine rings is 1. The van der Waals surface area contributed by atoms with Crippen molar-refractivity contribution in [3.05, 3.63) is 78.4 Å². The Morgan fingerprint density at radius 1 is 0.969 bits per heavy atom. The van der Waals surface area contributed by atoms with Gasteiger partial charge in [-0.1, -0.05) is 24.3 Å². The smallest absolute Gasteiger partial charge is 0.253 e. The lowest BCUT2D eigenvalue weighted by Gasteiger charge is -2.27. The molecule has 7 nitrogen and oxygen atoms in total. The number of benzene rings is 2. The fourth-order valence-electron chi connectivity index (χ4n) is 3.72. The van der Waals surface area contributed by atoms with Gasteiger partial charge in [0.05, 0.1) is 16.9 Å². The van der Waals surface area contributed by atoms with Crippen molar-refractivity contribution in [3.8, 4) is 11.3 Å². The monoisotopic (exact) mass is 428 g/mol. The van der Waals surface area contributed by atoms with E-state index >= 15 is 0 Å². The predicted molar refractivity (Wildman–Crippen MR) is 121 cm³/mol. The summed E-state index contributed by atoms with van der Waals surface area (Å²) in [6.07, 6.45) is 1.42.